The van der Waals surface area contributed by atoms with Crippen LogP contribution in [0.25, 0.3) is 0 Å². The Morgan fingerprint density at radius 2 is 2.50 bits per heavy atom. The molecule has 0 N–H and O–H groups in total. The summed E-state index contributed by atoms with van der Waals surface area (Å²) in [6.45, 7) is 0.301. The van der Waals surface area contributed by atoms with Gasteiger partial charge in [-0.05, 0) is 22.0 Å². The van der Waals surface area contributed by atoms with E-state index in [1.165, 1.54) is 6.08 Å². The fourth-order valence-corrected chi connectivity index (χ4v) is 0.860. The summed E-state index contributed by atoms with van der Waals surface area (Å²) in [5, 5.41) is 0. The Labute approximate surface area is 55.4 Å². The maximum Gasteiger partial charge on any atom is 0.178 e. The first kappa shape index (κ1) is 5.69. The second-order valence-corrected chi connectivity index (χ2v) is 2.38. The van der Waals surface area contributed by atoms with Gasteiger partial charge in [-0.3, -0.25) is 9.79 Å². The molecule has 1 aliphatic rings. The van der Waals surface area contributed by atoms with E-state index in [1.54, 1.807) is 6.21 Å². The molecule has 0 spiro atoms. The third-order valence-electron chi connectivity index (χ3n) is 0.761. The molecule has 3 heteroatoms. The van der Waals surface area contributed by atoms with E-state index in [4.69, 9.17) is 0 Å². The lowest BCUT2D eigenvalue weighted by Crippen LogP contribution is -2.03. The number of aliphatic imine (C=N–C) groups is 1. The normalized spacial score (nSPS) is 18.6. The molecule has 0 fully saturated rings. The molecule has 0 aromatic rings. The van der Waals surface area contributed by atoms with Crippen LogP contribution >= 0.6 is 15.9 Å². The third kappa shape index (κ3) is 1.26. The molecule has 0 saturated heterocycles. The topological polar surface area (TPSA) is 29.4 Å². The van der Waals surface area contributed by atoms with Gasteiger partial charge in [0.1, 0.15) is 6.54 Å². The van der Waals surface area contributed by atoms with Crippen LogP contribution in [0.2, 0.25) is 0 Å². The number of hydrogen-bond donors (Lipinski definition) is 0. The van der Waals surface area contributed by atoms with Crippen LogP contribution in [0.4, 0.5) is 0 Å². The molecule has 0 atom stereocenters. The first-order valence-electron chi connectivity index (χ1n) is 2.19. The number of halogens is 1. The van der Waals surface area contributed by atoms with Crippen molar-refractivity contribution < 1.29 is 4.79 Å². The Morgan fingerprint density at radius 3 is 2.88 bits per heavy atom. The molecule has 0 unspecified atom stereocenters. The van der Waals surface area contributed by atoms with Gasteiger partial charge in [0.2, 0.25) is 0 Å². The largest absolute Gasteiger partial charge is 0.293 e. The van der Waals surface area contributed by atoms with E-state index >= 15 is 0 Å². The fourth-order valence-electron chi connectivity index (χ4n) is 0.460. The lowest BCUT2D eigenvalue weighted by atomic mass is 10.3. The Balaban J connectivity index is 2.77. The molecule has 0 aromatic carbocycles. The first-order chi connectivity index (χ1) is 3.79. The third-order valence-corrected chi connectivity index (χ3v) is 1.19. The van der Waals surface area contributed by atoms with Gasteiger partial charge in [-0.15, -0.1) is 0 Å². The van der Waals surface area contributed by atoms with E-state index in [-0.39, 0.29) is 5.78 Å². The van der Waals surface area contributed by atoms with E-state index in [2.05, 4.69) is 20.9 Å². The minimum atomic E-state index is 0.0550. The zero-order valence-electron chi connectivity index (χ0n) is 4.10. The van der Waals surface area contributed by atoms with Crippen molar-refractivity contribution in [2.45, 2.75) is 0 Å². The van der Waals surface area contributed by atoms with Crippen molar-refractivity contribution in [1.29, 1.82) is 0 Å². The Bertz CT molecular complexity index is 171. The number of allylic oxidation sites excluding steroid dienone is 1. The van der Waals surface area contributed by atoms with Crippen LogP contribution in [0.5, 0.6) is 0 Å². The van der Waals surface area contributed by atoms with E-state index in [0.29, 0.717) is 6.54 Å². The number of rotatable bonds is 0. The van der Waals surface area contributed by atoms with Crippen LogP contribution in [0.1, 0.15) is 0 Å². The van der Waals surface area contributed by atoms with Crippen molar-refractivity contribution in [3.63, 3.8) is 0 Å². The number of dihydropyridines is 1. The van der Waals surface area contributed by atoms with Crippen molar-refractivity contribution in [1.82, 2.24) is 0 Å². The molecule has 0 radical (unpaired) electrons. The molecule has 0 saturated carbocycles. The second kappa shape index (κ2) is 2.22. The first-order valence-corrected chi connectivity index (χ1v) is 2.98. The van der Waals surface area contributed by atoms with Gasteiger partial charge in [-0.25, -0.2) is 0 Å². The summed E-state index contributed by atoms with van der Waals surface area (Å²) >= 11 is 3.12. The highest BCUT2D eigenvalue weighted by atomic mass is 79.9. The summed E-state index contributed by atoms with van der Waals surface area (Å²) in [7, 11) is 0. The Morgan fingerprint density at radius 1 is 1.75 bits per heavy atom. The summed E-state index contributed by atoms with van der Waals surface area (Å²) in [5.41, 5.74) is 0. The minimum absolute atomic E-state index is 0.0550. The van der Waals surface area contributed by atoms with Crippen LogP contribution in [-0.4, -0.2) is 18.5 Å². The zero-order chi connectivity index (χ0) is 5.98. The molecule has 1 heterocycles. The Kier molecular flexibility index (Phi) is 1.58. The maximum atomic E-state index is 10.5. The van der Waals surface area contributed by atoms with Gasteiger partial charge in [-0.1, -0.05) is 0 Å². The quantitative estimate of drug-likeness (QED) is 0.536. The molecule has 1 rings (SSSR count). The lowest BCUT2D eigenvalue weighted by Gasteiger charge is -1.94. The van der Waals surface area contributed by atoms with Gasteiger partial charge < -0.3 is 0 Å². The average molecular weight is 174 g/mol. The molecule has 1 aliphatic heterocycles. The highest BCUT2D eigenvalue weighted by Crippen LogP contribution is 2.04. The molecule has 42 valence electrons. The SMILES string of the molecule is O=C1C=C(Br)C=NC1. The molecule has 0 bridgehead atoms. The smallest absolute Gasteiger partial charge is 0.178 e. The van der Waals surface area contributed by atoms with Crippen LogP contribution < -0.4 is 0 Å². The number of ketones is 1. The number of carbonyl (C=O) groups excluding carboxylic acids is 1. The van der Waals surface area contributed by atoms with Crippen molar-refractivity contribution in [3.05, 3.63) is 10.6 Å². The van der Waals surface area contributed by atoms with Crippen molar-refractivity contribution >= 4 is 27.9 Å². The summed E-state index contributed by atoms with van der Waals surface area (Å²) in [4.78, 5) is 14.2. The summed E-state index contributed by atoms with van der Waals surface area (Å²) in [5.74, 6) is 0.0550. The van der Waals surface area contributed by atoms with Crippen molar-refractivity contribution in [2.24, 2.45) is 4.99 Å². The number of carbonyl (C=O) groups is 1. The standard InChI is InChI=1S/C5H4BrNO/c6-4-1-5(8)3-7-2-4/h1-2H,3H2. The van der Waals surface area contributed by atoms with Crippen molar-refractivity contribution in [2.75, 3.05) is 6.54 Å². The van der Waals surface area contributed by atoms with Gasteiger partial charge in [-0.2, -0.15) is 0 Å². The highest BCUT2D eigenvalue weighted by molar-refractivity contribution is 9.12. The van der Waals surface area contributed by atoms with E-state index in [1.807, 2.05) is 0 Å². The predicted molar refractivity (Wildman–Crippen MR) is 35.4 cm³/mol. The summed E-state index contributed by atoms with van der Waals surface area (Å²) < 4.78 is 0.758. The zero-order valence-corrected chi connectivity index (χ0v) is 5.68. The van der Waals surface area contributed by atoms with Crippen LogP contribution in [0.3, 0.4) is 0 Å². The predicted octanol–water partition coefficient (Wildman–Crippen LogP) is 0.919. The molecule has 0 aromatic heterocycles. The van der Waals surface area contributed by atoms with E-state index in [0.717, 1.165) is 4.48 Å². The highest BCUT2D eigenvalue weighted by Gasteiger charge is 2.00. The molecule has 2 nitrogen and oxygen atoms in total. The van der Waals surface area contributed by atoms with Gasteiger partial charge in [0.25, 0.3) is 0 Å². The molecule has 8 heavy (non-hydrogen) atoms. The van der Waals surface area contributed by atoms with Crippen LogP contribution in [0, 0.1) is 0 Å². The fraction of sp³-hybridized carbons (Fsp3) is 0.200. The van der Waals surface area contributed by atoms with Crippen LogP contribution in [0.15, 0.2) is 15.6 Å². The second-order valence-electron chi connectivity index (χ2n) is 1.47. The molecule has 0 amide bonds. The number of nitrogens with zero attached hydrogens (tertiary/aromatic N) is 1. The van der Waals surface area contributed by atoms with Gasteiger partial charge >= 0.3 is 0 Å². The molecular formula is C5H4BrNO. The Hall–Kier alpha value is -0.440. The molecule has 0 aliphatic carbocycles. The minimum Gasteiger partial charge on any atom is -0.293 e. The van der Waals surface area contributed by atoms with Gasteiger partial charge in [0.15, 0.2) is 5.78 Å². The lowest BCUT2D eigenvalue weighted by molar-refractivity contribution is -0.113. The summed E-state index contributed by atoms with van der Waals surface area (Å²) in [6, 6.07) is 0. The molecular weight excluding hydrogens is 170 g/mol. The summed E-state index contributed by atoms with van der Waals surface area (Å²) in [6.07, 6.45) is 3.15. The van der Waals surface area contributed by atoms with E-state index < -0.39 is 0 Å². The van der Waals surface area contributed by atoms with E-state index in [9.17, 15) is 4.79 Å². The monoisotopic (exact) mass is 173 g/mol. The van der Waals surface area contributed by atoms with Crippen molar-refractivity contribution in [3.8, 4) is 0 Å². The van der Waals surface area contributed by atoms with Crippen LogP contribution in [-0.2, 0) is 4.79 Å². The van der Waals surface area contributed by atoms with Gasteiger partial charge in [0, 0.05) is 10.7 Å². The maximum absolute atomic E-state index is 10.5. The average Bonchev–Trinajstić information content (AvgIpc) is 1.64. The number of hydrogen-bond acceptors (Lipinski definition) is 2. The van der Waals surface area contributed by atoms with Gasteiger partial charge in [0.05, 0.1) is 0 Å².